The van der Waals surface area contributed by atoms with Crippen LogP contribution in [-0.2, 0) is 6.42 Å². The Bertz CT molecular complexity index is 926. The van der Waals surface area contributed by atoms with Crippen molar-refractivity contribution in [3.8, 4) is 0 Å². The molecule has 0 bridgehead atoms. The third kappa shape index (κ3) is 4.34. The molecule has 0 aliphatic heterocycles. The molecule has 0 spiro atoms. The van der Waals surface area contributed by atoms with E-state index in [2.05, 4.69) is 0 Å². The largest absolute Gasteiger partial charge is 0.294 e. The highest BCUT2D eigenvalue weighted by atomic mass is 16.6. The molecule has 0 aliphatic rings. The lowest BCUT2D eigenvalue weighted by molar-refractivity contribution is -0.570. The van der Waals surface area contributed by atoms with Crippen LogP contribution in [0.15, 0.2) is 91.0 Å². The zero-order chi connectivity index (χ0) is 20.0. The van der Waals surface area contributed by atoms with Crippen LogP contribution >= 0.6 is 0 Å². The molecule has 0 aromatic heterocycles. The monoisotopic (exact) mass is 373 g/mol. The van der Waals surface area contributed by atoms with Gasteiger partial charge in [-0.1, -0.05) is 91.0 Å². The first-order valence-electron chi connectivity index (χ1n) is 9.32. The molecule has 142 valence electrons. The molecule has 4 heteroatoms. The summed E-state index contributed by atoms with van der Waals surface area (Å²) in [5, 5.41) is 12.3. The number of carbonyl (C=O) groups excluding carboxylic acids is 1. The van der Waals surface area contributed by atoms with E-state index in [4.69, 9.17) is 0 Å². The summed E-state index contributed by atoms with van der Waals surface area (Å²) in [6.45, 7) is 1.65. The van der Waals surface area contributed by atoms with Crippen molar-refractivity contribution in [2.45, 2.75) is 31.2 Å². The Morgan fingerprint density at radius 3 is 1.93 bits per heavy atom. The summed E-state index contributed by atoms with van der Waals surface area (Å²) >= 11 is 0. The number of hydrogen-bond donors (Lipinski definition) is 0. The molecule has 0 N–H and O–H groups in total. The van der Waals surface area contributed by atoms with Crippen LogP contribution in [0.4, 0.5) is 0 Å². The van der Waals surface area contributed by atoms with Crippen molar-refractivity contribution in [2.24, 2.45) is 0 Å². The average Bonchev–Trinajstić information content (AvgIpc) is 2.73. The highest BCUT2D eigenvalue weighted by Crippen LogP contribution is 2.37. The average molecular weight is 373 g/mol. The topological polar surface area (TPSA) is 60.2 Å². The summed E-state index contributed by atoms with van der Waals surface area (Å²) in [4.78, 5) is 25.0. The molecule has 3 aromatic carbocycles. The summed E-state index contributed by atoms with van der Waals surface area (Å²) in [5.41, 5.74) is 0.957. The van der Waals surface area contributed by atoms with Gasteiger partial charge in [-0.05, 0) is 11.1 Å². The van der Waals surface area contributed by atoms with Crippen molar-refractivity contribution in [3.05, 3.63) is 118 Å². The van der Waals surface area contributed by atoms with Gasteiger partial charge in [-0.15, -0.1) is 0 Å². The van der Waals surface area contributed by atoms with Crippen molar-refractivity contribution in [2.75, 3.05) is 0 Å². The molecule has 28 heavy (non-hydrogen) atoms. The number of carbonyl (C=O) groups is 1. The predicted octanol–water partition coefficient (Wildman–Crippen LogP) is 5.32. The lowest BCUT2D eigenvalue weighted by Gasteiger charge is -2.30. The minimum Gasteiger partial charge on any atom is -0.294 e. The van der Waals surface area contributed by atoms with E-state index in [0.717, 1.165) is 11.1 Å². The third-order valence-electron chi connectivity index (χ3n) is 5.26. The van der Waals surface area contributed by atoms with Gasteiger partial charge in [0, 0.05) is 30.3 Å². The lowest BCUT2D eigenvalue weighted by atomic mass is 9.74. The first-order chi connectivity index (χ1) is 13.5. The molecule has 0 fully saturated rings. The van der Waals surface area contributed by atoms with Gasteiger partial charge in [-0.3, -0.25) is 14.9 Å². The zero-order valence-electron chi connectivity index (χ0n) is 15.8. The Kier molecular flexibility index (Phi) is 5.99. The van der Waals surface area contributed by atoms with E-state index >= 15 is 0 Å². The lowest BCUT2D eigenvalue weighted by Crippen LogP contribution is -2.44. The molecule has 0 saturated carbocycles. The second kappa shape index (κ2) is 8.61. The number of nitro groups is 1. The highest BCUT2D eigenvalue weighted by Gasteiger charge is 2.47. The van der Waals surface area contributed by atoms with Gasteiger partial charge in [-0.25, -0.2) is 0 Å². The Balaban J connectivity index is 2.00. The molecule has 0 amide bonds. The molecule has 0 saturated heterocycles. The summed E-state index contributed by atoms with van der Waals surface area (Å²) in [6.07, 6.45) is 0.334. The second-order valence-electron chi connectivity index (χ2n) is 7.23. The number of rotatable bonds is 8. The van der Waals surface area contributed by atoms with Crippen LogP contribution in [0.3, 0.4) is 0 Å². The maximum Gasteiger partial charge on any atom is 0.230 e. The normalized spacial score (nSPS) is 14.0. The Morgan fingerprint density at radius 2 is 1.39 bits per heavy atom. The van der Waals surface area contributed by atoms with E-state index < -0.39 is 11.5 Å². The van der Waals surface area contributed by atoms with Crippen molar-refractivity contribution in [1.29, 1.82) is 0 Å². The molecule has 4 nitrogen and oxygen atoms in total. The second-order valence-corrected chi connectivity index (χ2v) is 7.23. The Morgan fingerprint density at radius 1 is 0.893 bits per heavy atom. The van der Waals surface area contributed by atoms with Crippen molar-refractivity contribution >= 4 is 5.78 Å². The number of hydrogen-bond acceptors (Lipinski definition) is 3. The van der Waals surface area contributed by atoms with Gasteiger partial charge in [-0.2, -0.15) is 0 Å². The summed E-state index contributed by atoms with van der Waals surface area (Å²) in [5.74, 6) is -0.632. The predicted molar refractivity (Wildman–Crippen MR) is 110 cm³/mol. The van der Waals surface area contributed by atoms with Crippen LogP contribution in [0, 0.1) is 10.1 Å². The van der Waals surface area contributed by atoms with Gasteiger partial charge in [0.1, 0.15) is 0 Å². The van der Waals surface area contributed by atoms with E-state index in [0.29, 0.717) is 5.56 Å². The summed E-state index contributed by atoms with van der Waals surface area (Å²) in [7, 11) is 0. The fourth-order valence-corrected chi connectivity index (χ4v) is 3.63. The first kappa shape index (κ1) is 19.5. The maximum absolute atomic E-state index is 12.9. The molecule has 3 rings (SSSR count). The highest BCUT2D eigenvalue weighted by molar-refractivity contribution is 5.96. The van der Waals surface area contributed by atoms with Crippen molar-refractivity contribution < 1.29 is 9.72 Å². The van der Waals surface area contributed by atoms with Gasteiger partial charge >= 0.3 is 0 Å². The van der Waals surface area contributed by atoms with Crippen LogP contribution < -0.4 is 0 Å². The molecule has 0 radical (unpaired) electrons. The quantitative estimate of drug-likeness (QED) is 0.305. The minimum atomic E-state index is -1.31. The van der Waals surface area contributed by atoms with Crippen molar-refractivity contribution in [1.82, 2.24) is 0 Å². The van der Waals surface area contributed by atoms with E-state index in [1.54, 1.807) is 31.2 Å². The van der Waals surface area contributed by atoms with Gasteiger partial charge in [0.05, 0.1) is 5.92 Å². The molecule has 2 atom stereocenters. The van der Waals surface area contributed by atoms with Crippen LogP contribution in [0.2, 0.25) is 0 Å². The molecule has 3 aromatic rings. The summed E-state index contributed by atoms with van der Waals surface area (Å²) < 4.78 is 0. The van der Waals surface area contributed by atoms with Crippen LogP contribution in [-0.4, -0.2) is 16.2 Å². The maximum atomic E-state index is 12.9. The molecular weight excluding hydrogens is 350 g/mol. The molecule has 0 heterocycles. The van der Waals surface area contributed by atoms with E-state index in [1.807, 2.05) is 66.7 Å². The minimum absolute atomic E-state index is 0.0817. The molecular formula is C24H23NO3. The standard InChI is InChI=1S/C24H23NO3/c1-24(25(27)28,18-19-11-5-2-6-12-19)22(20-13-7-3-8-14-20)17-23(26)21-15-9-4-10-16-21/h2-16,22H,17-18H2,1H3. The van der Waals surface area contributed by atoms with Gasteiger partial charge < -0.3 is 0 Å². The fourth-order valence-electron chi connectivity index (χ4n) is 3.63. The number of Topliss-reactive ketones (excluding diaryl/α,β-unsaturated/α-hetero) is 1. The number of benzene rings is 3. The first-order valence-corrected chi connectivity index (χ1v) is 9.32. The van der Waals surface area contributed by atoms with E-state index in [9.17, 15) is 14.9 Å². The molecule has 0 aliphatic carbocycles. The SMILES string of the molecule is CC(Cc1ccccc1)(C(CC(=O)c1ccccc1)c1ccccc1)[N+](=O)[O-]. The van der Waals surface area contributed by atoms with Gasteiger partial charge in [0.25, 0.3) is 0 Å². The van der Waals surface area contributed by atoms with Gasteiger partial charge in [0.15, 0.2) is 5.78 Å². The fraction of sp³-hybridized carbons (Fsp3) is 0.208. The number of nitrogens with zero attached hydrogens (tertiary/aromatic N) is 1. The van der Waals surface area contributed by atoms with E-state index in [1.165, 1.54) is 0 Å². The van der Waals surface area contributed by atoms with Crippen molar-refractivity contribution in [3.63, 3.8) is 0 Å². The zero-order valence-corrected chi connectivity index (χ0v) is 15.8. The van der Waals surface area contributed by atoms with E-state index in [-0.39, 0.29) is 23.5 Å². The molecule has 2 unspecified atom stereocenters. The van der Waals surface area contributed by atoms with Crippen LogP contribution in [0.5, 0.6) is 0 Å². The smallest absolute Gasteiger partial charge is 0.230 e. The van der Waals surface area contributed by atoms with Crippen LogP contribution in [0.25, 0.3) is 0 Å². The van der Waals surface area contributed by atoms with Gasteiger partial charge in [0.2, 0.25) is 5.54 Å². The third-order valence-corrected chi connectivity index (χ3v) is 5.26. The van der Waals surface area contributed by atoms with Crippen LogP contribution in [0.1, 0.15) is 40.7 Å². The Labute approximate surface area is 165 Å². The Hall–Kier alpha value is -3.27. The number of ketones is 1. The summed E-state index contributed by atoms with van der Waals surface area (Å²) in [6, 6.07) is 27.7.